The molecule has 0 atom stereocenters. The van der Waals surface area contributed by atoms with Gasteiger partial charge in [-0.2, -0.15) is 0 Å². The molecule has 7 heteroatoms. The molecule has 2 aromatic carbocycles. The van der Waals surface area contributed by atoms with Crippen molar-refractivity contribution in [1.29, 1.82) is 0 Å². The smallest absolute Gasteiger partial charge is 0.269 e. The highest BCUT2D eigenvalue weighted by Gasteiger charge is 2.14. The number of hydrogen-bond acceptors (Lipinski definition) is 3. The van der Waals surface area contributed by atoms with Gasteiger partial charge in [0.1, 0.15) is 34.2 Å². The summed E-state index contributed by atoms with van der Waals surface area (Å²) in [5, 5.41) is 9.36. The molecule has 0 unspecified atom stereocenters. The molecule has 0 amide bonds. The molecule has 0 fully saturated rings. The van der Waals surface area contributed by atoms with Crippen molar-refractivity contribution in [2.45, 2.75) is 20.1 Å². The second-order valence-electron chi connectivity index (χ2n) is 6.05. The van der Waals surface area contributed by atoms with E-state index in [2.05, 4.69) is 15.9 Å². The second kappa shape index (κ2) is 7.92. The molecule has 0 spiro atoms. The highest BCUT2D eigenvalue weighted by Crippen LogP contribution is 2.24. The second-order valence-corrected chi connectivity index (χ2v) is 6.84. The van der Waals surface area contributed by atoms with Gasteiger partial charge >= 0.3 is 0 Å². The minimum Gasteiger partial charge on any atom is -0.508 e. The summed E-state index contributed by atoms with van der Waals surface area (Å²) in [5.41, 5.74) is 1.41. The summed E-state index contributed by atoms with van der Waals surface area (Å²) < 4.78 is 34.1. The zero-order valence-electron chi connectivity index (χ0n) is 14.4. The lowest BCUT2D eigenvalue weighted by Gasteiger charge is -2.15. The highest BCUT2D eigenvalue weighted by atomic mass is 79.9. The van der Waals surface area contributed by atoms with Crippen LogP contribution >= 0.6 is 15.9 Å². The van der Waals surface area contributed by atoms with E-state index in [1.807, 2.05) is 0 Å². The van der Waals surface area contributed by atoms with Crippen LogP contribution in [0.1, 0.15) is 16.8 Å². The first-order valence-electron chi connectivity index (χ1n) is 8.09. The predicted octanol–water partition coefficient (Wildman–Crippen LogP) is 4.53. The lowest BCUT2D eigenvalue weighted by Crippen LogP contribution is -2.24. The van der Waals surface area contributed by atoms with Crippen molar-refractivity contribution in [3.8, 4) is 11.5 Å². The molecule has 27 heavy (non-hydrogen) atoms. The standard InChI is InChI=1S/C20H16BrF2NO3/c1-12-8-18(27-11-14-4-5-15(22)9-17(14)23)19(21)20(26)24(12)10-13-2-6-16(25)7-3-13/h2-9,25H,10-11H2,1H3. The summed E-state index contributed by atoms with van der Waals surface area (Å²) in [6.45, 7) is 1.96. The number of phenols is 1. The first-order valence-corrected chi connectivity index (χ1v) is 8.89. The molecule has 0 aliphatic heterocycles. The number of aromatic hydroxyl groups is 1. The molecule has 1 N–H and O–H groups in total. The van der Waals surface area contributed by atoms with Gasteiger partial charge < -0.3 is 14.4 Å². The summed E-state index contributed by atoms with van der Waals surface area (Å²) in [7, 11) is 0. The van der Waals surface area contributed by atoms with Crippen LogP contribution in [0.25, 0.3) is 0 Å². The van der Waals surface area contributed by atoms with Crippen LogP contribution in [-0.2, 0) is 13.2 Å². The van der Waals surface area contributed by atoms with Gasteiger partial charge in [0.15, 0.2) is 0 Å². The molecule has 3 rings (SSSR count). The maximum Gasteiger partial charge on any atom is 0.269 e. The molecule has 0 saturated heterocycles. The zero-order chi connectivity index (χ0) is 19.6. The van der Waals surface area contributed by atoms with Gasteiger partial charge in [0.05, 0.1) is 6.54 Å². The monoisotopic (exact) mass is 435 g/mol. The number of halogens is 3. The van der Waals surface area contributed by atoms with Crippen molar-refractivity contribution in [2.75, 3.05) is 0 Å². The number of ether oxygens (including phenoxy) is 1. The van der Waals surface area contributed by atoms with Gasteiger partial charge in [0.25, 0.3) is 5.56 Å². The average molecular weight is 436 g/mol. The molecule has 0 bridgehead atoms. The molecular formula is C20H16BrF2NO3. The summed E-state index contributed by atoms with van der Waals surface area (Å²) in [6.07, 6.45) is 0. The van der Waals surface area contributed by atoms with Crippen LogP contribution in [0.4, 0.5) is 8.78 Å². The van der Waals surface area contributed by atoms with Gasteiger partial charge in [0, 0.05) is 23.4 Å². The van der Waals surface area contributed by atoms with E-state index in [1.54, 1.807) is 41.8 Å². The Balaban J connectivity index is 1.83. The Labute approximate surface area is 162 Å². The van der Waals surface area contributed by atoms with Gasteiger partial charge in [-0.25, -0.2) is 8.78 Å². The third-order valence-corrected chi connectivity index (χ3v) is 4.82. The fourth-order valence-electron chi connectivity index (χ4n) is 2.59. The van der Waals surface area contributed by atoms with E-state index < -0.39 is 11.6 Å². The number of pyridine rings is 1. The minimum absolute atomic E-state index is 0.133. The van der Waals surface area contributed by atoms with Crippen LogP contribution in [0.15, 0.2) is 57.8 Å². The van der Waals surface area contributed by atoms with Gasteiger partial charge in [-0.05, 0) is 52.7 Å². The largest absolute Gasteiger partial charge is 0.508 e. The number of aryl methyl sites for hydroxylation is 1. The molecule has 0 saturated carbocycles. The average Bonchev–Trinajstić information content (AvgIpc) is 2.63. The maximum atomic E-state index is 13.7. The number of phenolic OH excluding ortho intramolecular Hbond substituents is 1. The zero-order valence-corrected chi connectivity index (χ0v) is 16.0. The highest BCUT2D eigenvalue weighted by molar-refractivity contribution is 9.10. The number of benzene rings is 2. The minimum atomic E-state index is -0.705. The van der Waals surface area contributed by atoms with E-state index in [1.165, 1.54) is 6.07 Å². The van der Waals surface area contributed by atoms with E-state index in [4.69, 9.17) is 4.74 Å². The van der Waals surface area contributed by atoms with Crippen LogP contribution in [-0.4, -0.2) is 9.67 Å². The van der Waals surface area contributed by atoms with E-state index in [0.717, 1.165) is 17.7 Å². The van der Waals surface area contributed by atoms with Crippen molar-refractivity contribution in [3.05, 3.63) is 91.8 Å². The molecule has 140 valence electrons. The Morgan fingerprint density at radius 3 is 2.48 bits per heavy atom. The molecule has 3 aromatic rings. The molecule has 4 nitrogen and oxygen atoms in total. The Kier molecular flexibility index (Phi) is 5.60. The molecular weight excluding hydrogens is 420 g/mol. The lowest BCUT2D eigenvalue weighted by molar-refractivity contribution is 0.296. The number of aromatic nitrogens is 1. The SMILES string of the molecule is Cc1cc(OCc2ccc(F)cc2F)c(Br)c(=O)n1Cc1ccc(O)cc1. The lowest BCUT2D eigenvalue weighted by atomic mass is 10.2. The van der Waals surface area contributed by atoms with Crippen LogP contribution in [0.2, 0.25) is 0 Å². The quantitative estimate of drug-likeness (QED) is 0.640. The van der Waals surface area contributed by atoms with E-state index in [0.29, 0.717) is 12.2 Å². The van der Waals surface area contributed by atoms with Crippen LogP contribution in [0.3, 0.4) is 0 Å². The predicted molar refractivity (Wildman–Crippen MR) is 101 cm³/mol. The van der Waals surface area contributed by atoms with Crippen molar-refractivity contribution >= 4 is 15.9 Å². The normalized spacial score (nSPS) is 10.8. The van der Waals surface area contributed by atoms with E-state index in [9.17, 15) is 18.7 Å². The summed E-state index contributed by atoms with van der Waals surface area (Å²) >= 11 is 3.24. The van der Waals surface area contributed by atoms with Crippen molar-refractivity contribution in [1.82, 2.24) is 4.57 Å². The van der Waals surface area contributed by atoms with Crippen molar-refractivity contribution < 1.29 is 18.6 Å². The van der Waals surface area contributed by atoms with Gasteiger partial charge in [-0.1, -0.05) is 12.1 Å². The fraction of sp³-hybridized carbons (Fsp3) is 0.150. The van der Waals surface area contributed by atoms with Crippen molar-refractivity contribution in [3.63, 3.8) is 0 Å². The molecule has 0 aliphatic rings. The summed E-state index contributed by atoms with van der Waals surface area (Å²) in [4.78, 5) is 12.7. The molecule has 0 radical (unpaired) electrons. The Bertz CT molecular complexity index is 1030. The summed E-state index contributed by atoms with van der Waals surface area (Å²) in [6, 6.07) is 11.5. The van der Waals surface area contributed by atoms with Crippen LogP contribution in [0, 0.1) is 18.6 Å². The van der Waals surface area contributed by atoms with Gasteiger partial charge in [0.2, 0.25) is 0 Å². The number of nitrogens with zero attached hydrogens (tertiary/aromatic N) is 1. The number of rotatable bonds is 5. The van der Waals surface area contributed by atoms with E-state index in [-0.39, 0.29) is 33.7 Å². The van der Waals surface area contributed by atoms with Crippen molar-refractivity contribution in [2.24, 2.45) is 0 Å². The number of hydrogen-bond donors (Lipinski definition) is 1. The first-order chi connectivity index (χ1) is 12.8. The topological polar surface area (TPSA) is 51.5 Å². The Morgan fingerprint density at radius 1 is 1.11 bits per heavy atom. The molecule has 1 aromatic heterocycles. The third kappa shape index (κ3) is 4.36. The van der Waals surface area contributed by atoms with Crippen LogP contribution < -0.4 is 10.3 Å². The maximum absolute atomic E-state index is 13.7. The Morgan fingerprint density at radius 2 is 1.81 bits per heavy atom. The van der Waals surface area contributed by atoms with Gasteiger partial charge in [-0.3, -0.25) is 4.79 Å². The van der Waals surface area contributed by atoms with Crippen LogP contribution in [0.5, 0.6) is 11.5 Å². The third-order valence-electron chi connectivity index (χ3n) is 4.09. The summed E-state index contributed by atoms with van der Waals surface area (Å²) in [5.74, 6) is -0.933. The Hall–Kier alpha value is -2.67. The van der Waals surface area contributed by atoms with Gasteiger partial charge in [-0.15, -0.1) is 0 Å². The molecule has 1 heterocycles. The van der Waals surface area contributed by atoms with E-state index >= 15 is 0 Å². The molecule has 0 aliphatic carbocycles. The first kappa shape index (κ1) is 19.1. The fourth-order valence-corrected chi connectivity index (χ4v) is 3.04.